The van der Waals surface area contributed by atoms with Gasteiger partial charge in [0.05, 0.1) is 19.5 Å². The zero-order valence-corrected chi connectivity index (χ0v) is 12.3. The molecule has 1 atom stereocenters. The SMILES string of the molecule is COc1ccc2c(c1)C(C#N)N(CCCn1ccnc1)C2=O. The summed E-state index contributed by atoms with van der Waals surface area (Å²) >= 11 is 0. The number of hydrogen-bond acceptors (Lipinski definition) is 4. The van der Waals surface area contributed by atoms with Crippen LogP contribution in [0.15, 0.2) is 36.9 Å². The maximum atomic E-state index is 12.5. The Kier molecular flexibility index (Phi) is 3.79. The molecule has 1 amide bonds. The van der Waals surface area contributed by atoms with Crippen molar-refractivity contribution in [1.29, 1.82) is 5.26 Å². The fourth-order valence-corrected chi connectivity index (χ4v) is 2.74. The molecule has 1 aromatic heterocycles. The molecule has 0 saturated carbocycles. The molecule has 2 heterocycles. The fraction of sp³-hybridized carbons (Fsp3) is 0.312. The van der Waals surface area contributed by atoms with Gasteiger partial charge in [-0.15, -0.1) is 0 Å². The summed E-state index contributed by atoms with van der Waals surface area (Å²) in [6.07, 6.45) is 6.12. The van der Waals surface area contributed by atoms with Gasteiger partial charge in [0.15, 0.2) is 0 Å². The number of aromatic nitrogens is 2. The molecule has 0 radical (unpaired) electrons. The van der Waals surface area contributed by atoms with E-state index in [1.807, 2.05) is 10.8 Å². The van der Waals surface area contributed by atoms with Gasteiger partial charge in [0, 0.05) is 36.6 Å². The van der Waals surface area contributed by atoms with Gasteiger partial charge >= 0.3 is 0 Å². The zero-order chi connectivity index (χ0) is 15.5. The standard InChI is InChI=1S/C16H16N4O2/c1-22-12-3-4-13-14(9-12)15(10-17)20(16(13)21)7-2-6-19-8-5-18-11-19/h3-5,8-9,11,15H,2,6-7H2,1H3. The lowest BCUT2D eigenvalue weighted by Crippen LogP contribution is -2.29. The summed E-state index contributed by atoms with van der Waals surface area (Å²) in [5.74, 6) is 0.571. The number of benzene rings is 1. The number of imidazole rings is 1. The molecular weight excluding hydrogens is 280 g/mol. The topological polar surface area (TPSA) is 71.2 Å². The summed E-state index contributed by atoms with van der Waals surface area (Å²) < 4.78 is 7.14. The smallest absolute Gasteiger partial charge is 0.255 e. The highest BCUT2D eigenvalue weighted by molar-refractivity contribution is 5.99. The van der Waals surface area contributed by atoms with Gasteiger partial charge in [0.2, 0.25) is 0 Å². The Balaban J connectivity index is 1.75. The van der Waals surface area contributed by atoms with Crippen LogP contribution in [0.1, 0.15) is 28.4 Å². The van der Waals surface area contributed by atoms with E-state index in [9.17, 15) is 10.1 Å². The van der Waals surface area contributed by atoms with Crippen LogP contribution in [0.25, 0.3) is 0 Å². The Morgan fingerprint density at radius 2 is 2.27 bits per heavy atom. The first kappa shape index (κ1) is 14.1. The van der Waals surface area contributed by atoms with E-state index in [0.29, 0.717) is 17.9 Å². The first-order valence-corrected chi connectivity index (χ1v) is 7.09. The molecule has 112 valence electrons. The molecular formula is C16H16N4O2. The van der Waals surface area contributed by atoms with E-state index in [4.69, 9.17) is 4.74 Å². The predicted octanol–water partition coefficient (Wildman–Crippen LogP) is 2.00. The number of nitriles is 1. The van der Waals surface area contributed by atoms with E-state index in [0.717, 1.165) is 18.5 Å². The minimum absolute atomic E-state index is 0.0881. The van der Waals surface area contributed by atoms with Crippen LogP contribution < -0.4 is 4.74 Å². The van der Waals surface area contributed by atoms with Crippen LogP contribution in [0.4, 0.5) is 0 Å². The summed E-state index contributed by atoms with van der Waals surface area (Å²) in [4.78, 5) is 18.1. The van der Waals surface area contributed by atoms with Crippen molar-refractivity contribution in [2.75, 3.05) is 13.7 Å². The monoisotopic (exact) mass is 296 g/mol. The summed E-state index contributed by atoms with van der Waals surface area (Å²) in [5, 5.41) is 9.45. The van der Waals surface area contributed by atoms with Gasteiger partial charge in [-0.05, 0) is 24.6 Å². The first-order valence-electron chi connectivity index (χ1n) is 7.09. The highest BCUT2D eigenvalue weighted by Gasteiger charge is 2.36. The van der Waals surface area contributed by atoms with Gasteiger partial charge in [-0.2, -0.15) is 5.26 Å². The molecule has 0 aliphatic carbocycles. The maximum Gasteiger partial charge on any atom is 0.255 e. The van der Waals surface area contributed by atoms with E-state index >= 15 is 0 Å². The average Bonchev–Trinajstić information content (AvgIpc) is 3.14. The Labute approximate surface area is 128 Å². The molecule has 0 N–H and O–H groups in total. The quantitative estimate of drug-likeness (QED) is 0.846. The second kappa shape index (κ2) is 5.90. The molecule has 1 aliphatic heterocycles. The minimum Gasteiger partial charge on any atom is -0.497 e. The van der Waals surface area contributed by atoms with Crippen molar-refractivity contribution in [3.63, 3.8) is 0 Å². The maximum absolute atomic E-state index is 12.5. The third kappa shape index (κ3) is 2.42. The Morgan fingerprint density at radius 3 is 2.95 bits per heavy atom. The van der Waals surface area contributed by atoms with Crippen LogP contribution in [0, 0.1) is 11.3 Å². The van der Waals surface area contributed by atoms with Crippen LogP contribution in [0.5, 0.6) is 5.75 Å². The molecule has 22 heavy (non-hydrogen) atoms. The largest absolute Gasteiger partial charge is 0.497 e. The summed E-state index contributed by atoms with van der Waals surface area (Å²) in [6.45, 7) is 1.30. The molecule has 1 aromatic carbocycles. The molecule has 0 fully saturated rings. The van der Waals surface area contributed by atoms with Crippen molar-refractivity contribution in [3.05, 3.63) is 48.0 Å². The Morgan fingerprint density at radius 1 is 1.41 bits per heavy atom. The second-order valence-corrected chi connectivity index (χ2v) is 5.14. The predicted molar refractivity (Wildman–Crippen MR) is 79.2 cm³/mol. The van der Waals surface area contributed by atoms with E-state index in [1.165, 1.54) is 0 Å². The highest BCUT2D eigenvalue weighted by atomic mass is 16.5. The van der Waals surface area contributed by atoms with Crippen LogP contribution in [-0.2, 0) is 6.54 Å². The molecule has 6 heteroatoms. The van der Waals surface area contributed by atoms with Crippen molar-refractivity contribution >= 4 is 5.91 Å². The van der Waals surface area contributed by atoms with Gasteiger partial charge in [0.1, 0.15) is 11.8 Å². The van der Waals surface area contributed by atoms with E-state index in [2.05, 4.69) is 11.1 Å². The van der Waals surface area contributed by atoms with Crippen LogP contribution in [0.2, 0.25) is 0 Å². The zero-order valence-electron chi connectivity index (χ0n) is 12.3. The molecule has 0 saturated heterocycles. The normalized spacial score (nSPS) is 16.5. The van der Waals surface area contributed by atoms with Crippen LogP contribution in [0.3, 0.4) is 0 Å². The third-order valence-electron chi connectivity index (χ3n) is 3.85. The first-order chi connectivity index (χ1) is 10.7. The number of carbonyl (C=O) groups is 1. The fourth-order valence-electron chi connectivity index (χ4n) is 2.74. The van der Waals surface area contributed by atoms with Gasteiger partial charge in [-0.25, -0.2) is 4.98 Å². The van der Waals surface area contributed by atoms with Crippen LogP contribution >= 0.6 is 0 Å². The van der Waals surface area contributed by atoms with Gasteiger partial charge in [-0.3, -0.25) is 4.79 Å². The highest BCUT2D eigenvalue weighted by Crippen LogP contribution is 2.35. The Bertz CT molecular complexity index is 718. The van der Waals surface area contributed by atoms with E-state index < -0.39 is 6.04 Å². The molecule has 2 aromatic rings. The van der Waals surface area contributed by atoms with Gasteiger partial charge in [0.25, 0.3) is 5.91 Å². The summed E-state index contributed by atoms with van der Waals surface area (Å²) in [6, 6.07) is 6.94. The number of hydrogen-bond donors (Lipinski definition) is 0. The Hall–Kier alpha value is -2.81. The molecule has 3 rings (SSSR count). The molecule has 0 bridgehead atoms. The molecule has 1 unspecified atom stereocenters. The second-order valence-electron chi connectivity index (χ2n) is 5.14. The van der Waals surface area contributed by atoms with Crippen molar-refractivity contribution in [3.8, 4) is 11.8 Å². The average molecular weight is 296 g/mol. The summed E-state index contributed by atoms with van der Waals surface area (Å²) in [5.41, 5.74) is 1.32. The molecule has 6 nitrogen and oxygen atoms in total. The van der Waals surface area contributed by atoms with Gasteiger partial charge < -0.3 is 14.2 Å². The van der Waals surface area contributed by atoms with Crippen molar-refractivity contribution < 1.29 is 9.53 Å². The van der Waals surface area contributed by atoms with Crippen molar-refractivity contribution in [2.45, 2.75) is 19.0 Å². The number of nitrogens with zero attached hydrogens (tertiary/aromatic N) is 4. The van der Waals surface area contributed by atoms with E-state index in [1.54, 1.807) is 42.7 Å². The van der Waals surface area contributed by atoms with E-state index in [-0.39, 0.29) is 5.91 Å². The van der Waals surface area contributed by atoms with Crippen molar-refractivity contribution in [2.24, 2.45) is 0 Å². The number of carbonyl (C=O) groups excluding carboxylic acids is 1. The summed E-state index contributed by atoms with van der Waals surface area (Å²) in [7, 11) is 1.57. The van der Waals surface area contributed by atoms with Gasteiger partial charge in [-0.1, -0.05) is 0 Å². The number of rotatable bonds is 5. The van der Waals surface area contributed by atoms with Crippen molar-refractivity contribution in [1.82, 2.24) is 14.5 Å². The minimum atomic E-state index is -0.541. The molecule has 0 spiro atoms. The lowest BCUT2D eigenvalue weighted by Gasteiger charge is -2.20. The number of aryl methyl sites for hydroxylation is 1. The van der Waals surface area contributed by atoms with Crippen LogP contribution in [-0.4, -0.2) is 34.0 Å². The number of amides is 1. The third-order valence-corrected chi connectivity index (χ3v) is 3.85. The lowest BCUT2D eigenvalue weighted by molar-refractivity contribution is 0.0753. The molecule has 1 aliphatic rings. The number of fused-ring (bicyclic) bond motifs is 1. The lowest BCUT2D eigenvalue weighted by atomic mass is 10.1. The number of ether oxygens (including phenoxy) is 1. The number of methoxy groups -OCH3 is 1.